The lowest BCUT2D eigenvalue weighted by Crippen LogP contribution is -2.08. The number of aromatic nitrogens is 3. The third-order valence-electron chi connectivity index (χ3n) is 5.29. The smallest absolute Gasteiger partial charge is 0.168 e. The summed E-state index contributed by atoms with van der Waals surface area (Å²) in [6, 6.07) is 6.32. The molecule has 5 nitrogen and oxygen atoms in total. The third kappa shape index (κ3) is 2.77. The number of carbonyl (C=O) groups excluding carboxylic acids is 1. The van der Waals surface area contributed by atoms with E-state index in [1.807, 2.05) is 13.2 Å². The summed E-state index contributed by atoms with van der Waals surface area (Å²) in [5, 5.41) is 7.95. The molecule has 6 heteroatoms. The van der Waals surface area contributed by atoms with E-state index in [2.05, 4.69) is 15.4 Å². The maximum absolute atomic E-state index is 13.4. The Balaban J connectivity index is 1.74. The molecule has 2 aromatic heterocycles. The molecule has 3 aromatic rings. The third-order valence-corrected chi connectivity index (χ3v) is 5.29. The highest BCUT2D eigenvalue weighted by Gasteiger charge is 2.34. The van der Waals surface area contributed by atoms with Gasteiger partial charge in [0.25, 0.3) is 0 Å². The number of halogens is 1. The van der Waals surface area contributed by atoms with Crippen LogP contribution in [0.25, 0.3) is 22.4 Å². The van der Waals surface area contributed by atoms with E-state index in [4.69, 9.17) is 0 Å². The minimum Gasteiger partial charge on any atom is -0.307 e. The van der Waals surface area contributed by atoms with Crippen LogP contribution in [0.5, 0.6) is 0 Å². The van der Waals surface area contributed by atoms with Crippen molar-refractivity contribution in [3.05, 3.63) is 59.3 Å². The van der Waals surface area contributed by atoms with Gasteiger partial charge in [-0.05, 0) is 42.7 Å². The lowest BCUT2D eigenvalue weighted by atomic mass is 9.91. The number of benzene rings is 1. The second-order valence-electron chi connectivity index (χ2n) is 7.29. The molecule has 1 aliphatic heterocycles. The lowest BCUT2D eigenvalue weighted by Gasteiger charge is -2.13. The van der Waals surface area contributed by atoms with Gasteiger partial charge < -0.3 is 5.32 Å². The molecule has 136 valence electrons. The predicted molar refractivity (Wildman–Crippen MR) is 99.4 cm³/mol. The molecule has 0 unspecified atom stereocenters. The van der Waals surface area contributed by atoms with Crippen molar-refractivity contribution in [2.45, 2.75) is 25.9 Å². The zero-order chi connectivity index (χ0) is 18.5. The molecular formula is C21H19FN4O. The van der Waals surface area contributed by atoms with Crippen molar-refractivity contribution < 1.29 is 9.18 Å². The summed E-state index contributed by atoms with van der Waals surface area (Å²) in [4.78, 5) is 17.5. The number of ketones is 1. The molecule has 0 atom stereocenters. The minimum absolute atomic E-state index is 0.115. The van der Waals surface area contributed by atoms with Crippen LogP contribution in [0, 0.1) is 11.7 Å². The molecular weight excluding hydrogens is 343 g/mol. The molecule has 0 saturated heterocycles. The summed E-state index contributed by atoms with van der Waals surface area (Å²) in [6.45, 7) is 1.38. The van der Waals surface area contributed by atoms with Crippen LogP contribution in [-0.4, -0.2) is 20.5 Å². The van der Waals surface area contributed by atoms with Crippen LogP contribution in [0.15, 0.2) is 36.7 Å². The second-order valence-corrected chi connectivity index (χ2v) is 7.29. The average Bonchev–Trinajstić information content (AvgIpc) is 3.28. The number of pyridine rings is 1. The lowest BCUT2D eigenvalue weighted by molar-refractivity contribution is 0.0968. The number of nitrogens with one attached hydrogen (secondary N) is 1. The molecule has 1 aliphatic carbocycles. The first-order chi connectivity index (χ1) is 13.1. The fourth-order valence-corrected chi connectivity index (χ4v) is 3.79. The standard InChI is InChI=1S/C21H19FN4O/c1-26-11-17(20(25-26)12-4-6-14(22)7-5-12)19-15-8-23-10-18(15)24-9-16(19)21(27)13-2-3-13/h4-7,9,11,13,23H,2-3,8,10H2,1H3. The number of carbonyl (C=O) groups is 1. The molecule has 3 heterocycles. The van der Waals surface area contributed by atoms with Crippen LogP contribution in [0.3, 0.4) is 0 Å². The van der Waals surface area contributed by atoms with Crippen LogP contribution in [0.4, 0.5) is 4.39 Å². The number of hydrogen-bond acceptors (Lipinski definition) is 4. The maximum Gasteiger partial charge on any atom is 0.168 e. The molecule has 1 N–H and O–H groups in total. The van der Waals surface area contributed by atoms with Gasteiger partial charge in [0, 0.05) is 60.7 Å². The van der Waals surface area contributed by atoms with E-state index in [1.165, 1.54) is 12.1 Å². The summed E-state index contributed by atoms with van der Waals surface area (Å²) < 4.78 is 15.1. The minimum atomic E-state index is -0.283. The molecule has 27 heavy (non-hydrogen) atoms. The van der Waals surface area contributed by atoms with Crippen LogP contribution < -0.4 is 5.32 Å². The van der Waals surface area contributed by atoms with E-state index >= 15 is 0 Å². The molecule has 1 saturated carbocycles. The quantitative estimate of drug-likeness (QED) is 0.722. The van der Waals surface area contributed by atoms with Gasteiger partial charge in [0.2, 0.25) is 0 Å². The molecule has 0 spiro atoms. The van der Waals surface area contributed by atoms with Crippen molar-refractivity contribution in [2.75, 3.05) is 0 Å². The number of fused-ring (bicyclic) bond motifs is 1. The first-order valence-electron chi connectivity index (χ1n) is 9.17. The number of Topliss-reactive ketones (excluding diaryl/α,β-unsaturated/α-hetero) is 1. The van der Waals surface area contributed by atoms with Gasteiger partial charge in [-0.3, -0.25) is 14.5 Å². The highest BCUT2D eigenvalue weighted by molar-refractivity contribution is 6.06. The van der Waals surface area contributed by atoms with Crippen LogP contribution >= 0.6 is 0 Å². The van der Waals surface area contributed by atoms with E-state index in [0.717, 1.165) is 46.5 Å². The molecule has 1 aromatic carbocycles. The van der Waals surface area contributed by atoms with E-state index in [1.54, 1.807) is 23.0 Å². The van der Waals surface area contributed by atoms with Gasteiger partial charge in [-0.1, -0.05) is 0 Å². The normalized spacial score (nSPS) is 15.8. The molecule has 1 fully saturated rings. The zero-order valence-corrected chi connectivity index (χ0v) is 15.0. The second kappa shape index (κ2) is 6.09. The van der Waals surface area contributed by atoms with E-state index in [0.29, 0.717) is 18.7 Å². The monoisotopic (exact) mass is 362 g/mol. The summed E-state index contributed by atoms with van der Waals surface area (Å²) in [7, 11) is 1.86. The van der Waals surface area contributed by atoms with Crippen LogP contribution in [0.1, 0.15) is 34.5 Å². The van der Waals surface area contributed by atoms with Gasteiger partial charge in [-0.15, -0.1) is 0 Å². The fraction of sp³-hybridized carbons (Fsp3) is 0.286. The van der Waals surface area contributed by atoms with Crippen molar-refractivity contribution in [2.24, 2.45) is 13.0 Å². The summed E-state index contributed by atoms with van der Waals surface area (Å²) >= 11 is 0. The average molecular weight is 362 g/mol. The van der Waals surface area contributed by atoms with Gasteiger partial charge in [-0.25, -0.2) is 4.39 Å². The first-order valence-corrected chi connectivity index (χ1v) is 9.17. The van der Waals surface area contributed by atoms with Crippen LogP contribution in [-0.2, 0) is 20.1 Å². The Morgan fingerprint density at radius 3 is 2.74 bits per heavy atom. The molecule has 2 aliphatic rings. The molecule has 0 bridgehead atoms. The zero-order valence-electron chi connectivity index (χ0n) is 15.0. The predicted octanol–water partition coefficient (Wildman–Crippen LogP) is 3.48. The number of nitrogens with zero attached hydrogens (tertiary/aromatic N) is 3. The van der Waals surface area contributed by atoms with E-state index in [9.17, 15) is 9.18 Å². The number of hydrogen-bond donors (Lipinski definition) is 1. The first kappa shape index (κ1) is 16.3. The highest BCUT2D eigenvalue weighted by Crippen LogP contribution is 2.41. The Morgan fingerprint density at radius 2 is 2.00 bits per heavy atom. The van der Waals surface area contributed by atoms with Gasteiger partial charge in [0.05, 0.1) is 5.69 Å². The Bertz CT molecular complexity index is 1050. The Hall–Kier alpha value is -2.86. The fourth-order valence-electron chi connectivity index (χ4n) is 3.79. The van der Waals surface area contributed by atoms with Crippen molar-refractivity contribution >= 4 is 5.78 Å². The van der Waals surface area contributed by atoms with Crippen molar-refractivity contribution in [3.63, 3.8) is 0 Å². The van der Waals surface area contributed by atoms with Crippen molar-refractivity contribution in [3.8, 4) is 22.4 Å². The van der Waals surface area contributed by atoms with Gasteiger partial charge in [0.1, 0.15) is 11.5 Å². The van der Waals surface area contributed by atoms with E-state index in [-0.39, 0.29) is 17.5 Å². The maximum atomic E-state index is 13.4. The SMILES string of the molecule is Cn1cc(-c2c(C(=O)C3CC3)cnc3c2CNC3)c(-c2ccc(F)cc2)n1. The van der Waals surface area contributed by atoms with Gasteiger partial charge in [-0.2, -0.15) is 5.10 Å². The Kier molecular flexibility index (Phi) is 3.68. The molecule has 0 amide bonds. The highest BCUT2D eigenvalue weighted by atomic mass is 19.1. The number of rotatable bonds is 4. The Morgan fingerprint density at radius 1 is 1.22 bits per heavy atom. The van der Waals surface area contributed by atoms with Gasteiger partial charge >= 0.3 is 0 Å². The van der Waals surface area contributed by atoms with E-state index < -0.39 is 0 Å². The summed E-state index contributed by atoms with van der Waals surface area (Å²) in [5.41, 5.74) is 6.13. The molecule has 5 rings (SSSR count). The molecule has 0 radical (unpaired) electrons. The Labute approximate surface area is 156 Å². The summed E-state index contributed by atoms with van der Waals surface area (Å²) in [5.74, 6) is -0.000141. The largest absolute Gasteiger partial charge is 0.307 e. The van der Waals surface area contributed by atoms with Crippen molar-refractivity contribution in [1.82, 2.24) is 20.1 Å². The topological polar surface area (TPSA) is 59.8 Å². The van der Waals surface area contributed by atoms with Crippen LogP contribution in [0.2, 0.25) is 0 Å². The van der Waals surface area contributed by atoms with Gasteiger partial charge in [0.15, 0.2) is 5.78 Å². The summed E-state index contributed by atoms with van der Waals surface area (Å²) in [6.07, 6.45) is 5.57. The van der Waals surface area contributed by atoms with Crippen molar-refractivity contribution in [1.29, 1.82) is 0 Å². The number of aryl methyl sites for hydroxylation is 1.